The van der Waals surface area contributed by atoms with Crippen LogP contribution >= 0.6 is 0 Å². The Morgan fingerprint density at radius 1 is 1.15 bits per heavy atom. The molecule has 27 heavy (non-hydrogen) atoms. The van der Waals surface area contributed by atoms with Gasteiger partial charge in [-0.3, -0.25) is 4.79 Å². The number of carbonyl (C=O) groups excluding carboxylic acids is 1. The number of hydrogen-bond donors (Lipinski definition) is 1. The monoisotopic (exact) mass is 367 g/mol. The molecule has 1 saturated carbocycles. The summed E-state index contributed by atoms with van der Waals surface area (Å²) in [5.41, 5.74) is 2.78. The van der Waals surface area contributed by atoms with Crippen LogP contribution in [0.3, 0.4) is 0 Å². The summed E-state index contributed by atoms with van der Waals surface area (Å²) in [6.45, 7) is 1.39. The van der Waals surface area contributed by atoms with E-state index in [-0.39, 0.29) is 24.0 Å². The molecule has 2 aromatic carbocycles. The van der Waals surface area contributed by atoms with E-state index in [1.165, 1.54) is 0 Å². The largest absolute Gasteiger partial charge is 0.497 e. The minimum absolute atomic E-state index is 0.0383. The van der Waals surface area contributed by atoms with Gasteiger partial charge in [0.05, 0.1) is 19.8 Å². The fourth-order valence-electron chi connectivity index (χ4n) is 4.29. The van der Waals surface area contributed by atoms with Crippen molar-refractivity contribution < 1.29 is 19.0 Å². The molecule has 1 aliphatic heterocycles. The Bertz CT molecular complexity index is 804. The van der Waals surface area contributed by atoms with E-state index in [0.717, 1.165) is 29.9 Å². The van der Waals surface area contributed by atoms with Gasteiger partial charge in [0.25, 0.3) is 5.91 Å². The van der Waals surface area contributed by atoms with Gasteiger partial charge in [-0.15, -0.1) is 0 Å². The van der Waals surface area contributed by atoms with Crippen LogP contribution < -0.4 is 10.1 Å². The lowest BCUT2D eigenvalue weighted by Crippen LogP contribution is -2.62. The van der Waals surface area contributed by atoms with Crippen molar-refractivity contribution in [1.82, 2.24) is 5.32 Å². The molecule has 0 spiro atoms. The molecule has 1 heterocycles. The molecule has 4 atom stereocenters. The summed E-state index contributed by atoms with van der Waals surface area (Å²) < 4.78 is 16.4. The minimum atomic E-state index is -0.0383. The van der Waals surface area contributed by atoms with E-state index >= 15 is 0 Å². The lowest BCUT2D eigenvalue weighted by atomic mass is 9.67. The molecule has 2 aromatic rings. The third-order valence-corrected chi connectivity index (χ3v) is 5.74. The normalized spacial score (nSPS) is 26.1. The first-order valence-corrected chi connectivity index (χ1v) is 9.37. The van der Waals surface area contributed by atoms with E-state index in [9.17, 15) is 4.79 Å². The number of methoxy groups -OCH3 is 2. The molecule has 0 radical (unpaired) electrons. The van der Waals surface area contributed by atoms with Crippen LogP contribution in [-0.2, 0) is 9.47 Å². The molecule has 1 N–H and O–H groups in total. The zero-order valence-electron chi connectivity index (χ0n) is 15.7. The predicted octanol–water partition coefficient (Wildman–Crippen LogP) is 3.14. The van der Waals surface area contributed by atoms with Crippen molar-refractivity contribution in [2.45, 2.75) is 18.6 Å². The highest BCUT2D eigenvalue weighted by molar-refractivity contribution is 5.95. The van der Waals surface area contributed by atoms with Crippen molar-refractivity contribution in [3.8, 4) is 16.9 Å². The maximum Gasteiger partial charge on any atom is 0.251 e. The molecule has 4 rings (SSSR count). The SMILES string of the molecule is COC[C@@H]1[C@H](NC(=O)c2ccc(-c3cccc(OC)c3)cc2)[C@H]2CCO[C@H]21. The molecule has 5 heteroatoms. The van der Waals surface area contributed by atoms with Crippen LogP contribution in [0.15, 0.2) is 48.5 Å². The van der Waals surface area contributed by atoms with Gasteiger partial charge in [0.15, 0.2) is 0 Å². The second kappa shape index (κ2) is 7.71. The molecule has 5 nitrogen and oxygen atoms in total. The van der Waals surface area contributed by atoms with Gasteiger partial charge in [-0.2, -0.15) is 0 Å². The van der Waals surface area contributed by atoms with E-state index in [4.69, 9.17) is 14.2 Å². The molecule has 1 saturated heterocycles. The summed E-state index contributed by atoms with van der Waals surface area (Å²) in [6.07, 6.45) is 1.23. The Morgan fingerprint density at radius 3 is 2.70 bits per heavy atom. The fraction of sp³-hybridized carbons (Fsp3) is 0.409. The quantitative estimate of drug-likeness (QED) is 0.852. The van der Waals surface area contributed by atoms with Gasteiger partial charge in [-0.05, 0) is 41.8 Å². The van der Waals surface area contributed by atoms with Crippen molar-refractivity contribution in [3.63, 3.8) is 0 Å². The van der Waals surface area contributed by atoms with E-state index in [2.05, 4.69) is 5.32 Å². The van der Waals surface area contributed by atoms with Gasteiger partial charge < -0.3 is 19.5 Å². The summed E-state index contributed by atoms with van der Waals surface area (Å²) in [7, 11) is 3.35. The van der Waals surface area contributed by atoms with Gasteiger partial charge >= 0.3 is 0 Å². The molecular weight excluding hydrogens is 342 g/mol. The van der Waals surface area contributed by atoms with E-state index < -0.39 is 0 Å². The Labute approximate surface area is 159 Å². The number of benzene rings is 2. The van der Waals surface area contributed by atoms with Gasteiger partial charge in [0, 0.05) is 37.2 Å². The van der Waals surface area contributed by atoms with E-state index in [1.54, 1.807) is 14.2 Å². The molecule has 0 bridgehead atoms. The molecule has 142 valence electrons. The third-order valence-electron chi connectivity index (χ3n) is 5.74. The number of amides is 1. The van der Waals surface area contributed by atoms with Crippen LogP contribution in [0.1, 0.15) is 16.8 Å². The second-order valence-corrected chi connectivity index (χ2v) is 7.22. The van der Waals surface area contributed by atoms with Crippen LogP contribution in [0.2, 0.25) is 0 Å². The fourth-order valence-corrected chi connectivity index (χ4v) is 4.29. The van der Waals surface area contributed by atoms with Gasteiger partial charge in [0.1, 0.15) is 5.75 Å². The molecule has 0 aromatic heterocycles. The lowest BCUT2D eigenvalue weighted by Gasteiger charge is -2.47. The Morgan fingerprint density at radius 2 is 1.96 bits per heavy atom. The average Bonchev–Trinajstić information content (AvgIpc) is 3.14. The summed E-state index contributed by atoms with van der Waals surface area (Å²) in [5, 5.41) is 3.20. The zero-order valence-corrected chi connectivity index (χ0v) is 15.7. The molecule has 2 fully saturated rings. The van der Waals surface area contributed by atoms with Crippen LogP contribution in [0.5, 0.6) is 5.75 Å². The highest BCUT2D eigenvalue weighted by atomic mass is 16.5. The maximum atomic E-state index is 12.7. The highest BCUT2D eigenvalue weighted by Gasteiger charge is 2.54. The van der Waals surface area contributed by atoms with Crippen LogP contribution in [-0.4, -0.2) is 45.5 Å². The number of nitrogens with one attached hydrogen (secondary N) is 1. The van der Waals surface area contributed by atoms with Crippen molar-refractivity contribution in [3.05, 3.63) is 54.1 Å². The lowest BCUT2D eigenvalue weighted by molar-refractivity contribution is -0.0809. The van der Waals surface area contributed by atoms with Gasteiger partial charge in [-0.25, -0.2) is 0 Å². The number of fused-ring (bicyclic) bond motifs is 1. The Hall–Kier alpha value is -2.37. The van der Waals surface area contributed by atoms with Gasteiger partial charge in [0.2, 0.25) is 0 Å². The molecule has 0 unspecified atom stereocenters. The standard InChI is InChI=1S/C22H25NO4/c1-25-13-19-20(18-10-11-27-21(18)19)23-22(24)15-8-6-14(7-9-15)16-4-3-5-17(12-16)26-2/h3-9,12,18-21H,10-11,13H2,1-2H3,(H,23,24)/t18-,19-,20-,21-/m1/s1. The van der Waals surface area contributed by atoms with Crippen LogP contribution in [0.25, 0.3) is 11.1 Å². The average molecular weight is 367 g/mol. The van der Waals surface area contributed by atoms with E-state index in [0.29, 0.717) is 18.1 Å². The van der Waals surface area contributed by atoms with Crippen LogP contribution in [0.4, 0.5) is 0 Å². The first-order valence-electron chi connectivity index (χ1n) is 9.37. The van der Waals surface area contributed by atoms with Crippen molar-refractivity contribution in [2.24, 2.45) is 11.8 Å². The predicted molar refractivity (Wildman–Crippen MR) is 103 cm³/mol. The zero-order chi connectivity index (χ0) is 18.8. The molecule has 1 aliphatic carbocycles. The molecular formula is C22H25NO4. The Kier molecular flexibility index (Phi) is 5.14. The maximum absolute atomic E-state index is 12.7. The minimum Gasteiger partial charge on any atom is -0.497 e. The van der Waals surface area contributed by atoms with Gasteiger partial charge in [-0.1, -0.05) is 24.3 Å². The smallest absolute Gasteiger partial charge is 0.251 e. The third kappa shape index (κ3) is 3.45. The number of hydrogen-bond acceptors (Lipinski definition) is 4. The highest BCUT2D eigenvalue weighted by Crippen LogP contribution is 2.43. The number of carbonyl (C=O) groups is 1. The summed E-state index contributed by atoms with van der Waals surface area (Å²) in [5.74, 6) is 1.42. The van der Waals surface area contributed by atoms with Crippen molar-refractivity contribution in [1.29, 1.82) is 0 Å². The van der Waals surface area contributed by atoms with E-state index in [1.807, 2.05) is 48.5 Å². The summed E-state index contributed by atoms with van der Waals surface area (Å²) >= 11 is 0. The first kappa shape index (κ1) is 18.0. The van der Waals surface area contributed by atoms with Crippen LogP contribution in [0, 0.1) is 11.8 Å². The number of rotatable bonds is 6. The topological polar surface area (TPSA) is 56.8 Å². The second-order valence-electron chi connectivity index (χ2n) is 7.22. The summed E-state index contributed by atoms with van der Waals surface area (Å²) in [4.78, 5) is 12.7. The Balaban J connectivity index is 1.45. The molecule has 1 amide bonds. The van der Waals surface area contributed by atoms with Crippen molar-refractivity contribution in [2.75, 3.05) is 27.4 Å². The first-order chi connectivity index (χ1) is 13.2. The number of ether oxygens (including phenoxy) is 3. The molecule has 2 aliphatic rings. The summed E-state index contributed by atoms with van der Waals surface area (Å²) in [6, 6.07) is 15.7. The van der Waals surface area contributed by atoms with Crippen molar-refractivity contribution >= 4 is 5.91 Å².